The molecule has 0 radical (unpaired) electrons. The Bertz CT molecular complexity index is 2330. The molecule has 1 N–H and O–H groups in total. The van der Waals surface area contributed by atoms with E-state index in [2.05, 4.69) is 20.2 Å². The van der Waals surface area contributed by atoms with E-state index in [1.165, 1.54) is 66.6 Å². The van der Waals surface area contributed by atoms with E-state index in [4.69, 9.17) is 9.57 Å². The summed E-state index contributed by atoms with van der Waals surface area (Å²) in [5, 5.41) is 6.56. The Morgan fingerprint density at radius 3 is 2.21 bits per heavy atom. The Hall–Kier alpha value is -5.78. The predicted molar refractivity (Wildman–Crippen MR) is 175 cm³/mol. The Kier molecular flexibility index (Phi) is 10.4. The number of halogens is 6. The van der Waals surface area contributed by atoms with Crippen molar-refractivity contribution in [2.24, 2.45) is 12.2 Å². The molecule has 3 aromatic carbocycles. The summed E-state index contributed by atoms with van der Waals surface area (Å²) >= 11 is 0. The summed E-state index contributed by atoms with van der Waals surface area (Å²) < 4.78 is 107. The summed E-state index contributed by atoms with van der Waals surface area (Å²) in [5.41, 5.74) is -0.271. The zero-order valence-electron chi connectivity index (χ0n) is 27.3. The van der Waals surface area contributed by atoms with Crippen molar-refractivity contribution in [3.8, 4) is 23.0 Å². The van der Waals surface area contributed by atoms with Crippen LogP contribution in [0.15, 0.2) is 94.0 Å². The van der Waals surface area contributed by atoms with Crippen LogP contribution in [0.1, 0.15) is 44.6 Å². The van der Waals surface area contributed by atoms with Crippen molar-refractivity contribution in [2.45, 2.75) is 30.6 Å². The summed E-state index contributed by atoms with van der Waals surface area (Å²) in [6, 6.07) is 12.6. The van der Waals surface area contributed by atoms with E-state index in [0.29, 0.717) is 35.4 Å². The van der Waals surface area contributed by atoms with Crippen LogP contribution in [0.4, 0.5) is 26.3 Å². The van der Waals surface area contributed by atoms with Gasteiger partial charge in [0.2, 0.25) is 5.88 Å². The van der Waals surface area contributed by atoms with Crippen molar-refractivity contribution in [1.29, 1.82) is 0 Å². The maximum atomic E-state index is 12.8. The van der Waals surface area contributed by atoms with Gasteiger partial charge in [-0.3, -0.25) is 14.3 Å². The Morgan fingerprint density at radius 1 is 0.942 bits per heavy atom. The molecule has 52 heavy (non-hydrogen) atoms. The SMILES string of the molecule is Cc1c(C(=O)c2c[nH]n(C)c2=O)ccc(S(C)(=O)=O)c1C1=NOCC1.FC(F)(F)c1ccc(-c2nccc(Oc3cccc(C(F)(F)F)c3)n2)cc1. The zero-order chi connectivity index (χ0) is 38.0. The quantitative estimate of drug-likeness (QED) is 0.142. The van der Waals surface area contributed by atoms with Crippen LogP contribution in [0.25, 0.3) is 11.4 Å². The van der Waals surface area contributed by atoms with Gasteiger partial charge in [0.25, 0.3) is 5.56 Å². The number of carbonyl (C=O) groups is 1. The van der Waals surface area contributed by atoms with E-state index in [9.17, 15) is 44.3 Å². The molecule has 11 nitrogen and oxygen atoms in total. The number of ketones is 1. The van der Waals surface area contributed by atoms with E-state index in [-0.39, 0.29) is 33.5 Å². The van der Waals surface area contributed by atoms with Crippen LogP contribution in [-0.4, -0.2) is 52.5 Å². The largest absolute Gasteiger partial charge is 0.439 e. The van der Waals surface area contributed by atoms with Gasteiger partial charge in [0, 0.05) is 54.9 Å². The number of benzene rings is 3. The molecule has 0 saturated heterocycles. The van der Waals surface area contributed by atoms with Gasteiger partial charge in [-0.1, -0.05) is 23.4 Å². The van der Waals surface area contributed by atoms with Crippen molar-refractivity contribution < 1.29 is 49.1 Å². The van der Waals surface area contributed by atoms with Gasteiger partial charge in [0.05, 0.1) is 21.7 Å². The molecular formula is C34H27F6N5O6S. The van der Waals surface area contributed by atoms with Gasteiger partial charge in [0.15, 0.2) is 21.4 Å². The van der Waals surface area contributed by atoms with Gasteiger partial charge >= 0.3 is 12.4 Å². The first kappa shape index (κ1) is 37.5. The van der Waals surface area contributed by atoms with Crippen LogP contribution in [0.5, 0.6) is 11.6 Å². The number of hydrogen-bond donors (Lipinski definition) is 1. The average Bonchev–Trinajstić information content (AvgIpc) is 3.73. The molecule has 2 aromatic heterocycles. The van der Waals surface area contributed by atoms with E-state index < -0.39 is 44.7 Å². The molecule has 0 spiro atoms. The first-order chi connectivity index (χ1) is 24.3. The summed E-state index contributed by atoms with van der Waals surface area (Å²) in [5.74, 6) is -0.519. The topological polar surface area (TPSA) is 146 Å². The molecule has 0 bridgehead atoms. The number of aromatic amines is 1. The third-order valence-electron chi connectivity index (χ3n) is 7.63. The Labute approximate surface area is 291 Å². The lowest BCUT2D eigenvalue weighted by atomic mass is 9.93. The molecular weight excluding hydrogens is 720 g/mol. The molecule has 18 heteroatoms. The highest BCUT2D eigenvalue weighted by Crippen LogP contribution is 2.34. The lowest BCUT2D eigenvalue weighted by molar-refractivity contribution is -0.138. The molecule has 0 atom stereocenters. The van der Waals surface area contributed by atoms with Crippen LogP contribution >= 0.6 is 0 Å². The van der Waals surface area contributed by atoms with Crippen molar-refractivity contribution in [1.82, 2.24) is 19.7 Å². The fourth-order valence-corrected chi connectivity index (χ4v) is 6.01. The molecule has 0 saturated carbocycles. The number of nitrogens with one attached hydrogen (secondary N) is 1. The molecule has 0 unspecified atom stereocenters. The molecule has 3 heterocycles. The standard InChI is InChI=1S/C18H10F6N2O.C16H17N3O5S/c19-17(20,21)12-6-4-11(5-7-12)16-25-9-8-15(26-16)27-14-3-1-2-13(10-14)18(22,23)24;1-9-10(15(20)11-8-17-19(2)16(11)21)4-5-13(25(3,22)23)14(9)12-6-7-24-18-12/h1-10H;4-5,8,17H,6-7H2,1-3H3. The zero-order valence-corrected chi connectivity index (χ0v) is 28.2. The normalized spacial score (nSPS) is 13.1. The van der Waals surface area contributed by atoms with E-state index in [1.807, 2.05) is 0 Å². The van der Waals surface area contributed by atoms with Crippen molar-refractivity contribution in [3.63, 3.8) is 0 Å². The van der Waals surface area contributed by atoms with Gasteiger partial charge in [-0.2, -0.15) is 31.3 Å². The second-order valence-corrected chi connectivity index (χ2v) is 13.3. The average molecular weight is 748 g/mol. The maximum Gasteiger partial charge on any atom is 0.416 e. The molecule has 1 aliphatic rings. The van der Waals surface area contributed by atoms with Gasteiger partial charge in [-0.15, -0.1) is 0 Å². The van der Waals surface area contributed by atoms with Crippen LogP contribution < -0.4 is 10.3 Å². The van der Waals surface area contributed by atoms with Crippen molar-refractivity contribution in [3.05, 3.63) is 123 Å². The van der Waals surface area contributed by atoms with Crippen LogP contribution in [0.2, 0.25) is 0 Å². The lowest BCUT2D eigenvalue weighted by Crippen LogP contribution is -2.21. The number of H-pyrrole nitrogens is 1. The fraction of sp³-hybridized carbons (Fsp3) is 0.206. The minimum Gasteiger partial charge on any atom is -0.439 e. The molecule has 0 amide bonds. The molecule has 0 fully saturated rings. The molecule has 1 aliphatic heterocycles. The number of alkyl halides is 6. The minimum atomic E-state index is -4.52. The number of rotatable bonds is 7. The summed E-state index contributed by atoms with van der Waals surface area (Å²) in [7, 11) is -2.02. The van der Waals surface area contributed by atoms with Gasteiger partial charge in [-0.05, 0) is 55.0 Å². The number of carbonyl (C=O) groups excluding carboxylic acids is 1. The second-order valence-electron chi connectivity index (χ2n) is 11.3. The third-order valence-corrected chi connectivity index (χ3v) is 8.77. The first-order valence-electron chi connectivity index (χ1n) is 15.0. The number of hydrogen-bond acceptors (Lipinski definition) is 9. The van der Waals surface area contributed by atoms with Gasteiger partial charge in [-0.25, -0.2) is 13.4 Å². The number of sulfone groups is 1. The fourth-order valence-electron chi connectivity index (χ4n) is 5.06. The number of oxime groups is 1. The third kappa shape index (κ3) is 8.39. The highest BCUT2D eigenvalue weighted by atomic mass is 32.2. The number of aromatic nitrogens is 4. The number of nitrogens with zero attached hydrogens (tertiary/aromatic N) is 4. The van der Waals surface area contributed by atoms with Crippen LogP contribution in [0.3, 0.4) is 0 Å². The van der Waals surface area contributed by atoms with Crippen LogP contribution in [0, 0.1) is 6.92 Å². The summed E-state index contributed by atoms with van der Waals surface area (Å²) in [4.78, 5) is 37.9. The molecule has 0 aliphatic carbocycles. The smallest absolute Gasteiger partial charge is 0.416 e. The highest BCUT2D eigenvalue weighted by Gasteiger charge is 2.32. The Balaban J connectivity index is 0.000000202. The molecule has 5 aromatic rings. The van der Waals surface area contributed by atoms with Crippen molar-refractivity contribution in [2.75, 3.05) is 12.9 Å². The lowest BCUT2D eigenvalue weighted by Gasteiger charge is -2.13. The molecule has 272 valence electrons. The number of aryl methyl sites for hydroxylation is 1. The first-order valence-corrected chi connectivity index (χ1v) is 16.9. The maximum absolute atomic E-state index is 12.8. The molecule has 6 rings (SSSR count). The highest BCUT2D eigenvalue weighted by molar-refractivity contribution is 7.90. The summed E-state index contributed by atoms with van der Waals surface area (Å²) in [6.45, 7) is 2.00. The monoisotopic (exact) mass is 747 g/mol. The predicted octanol–water partition coefficient (Wildman–Crippen LogP) is 6.75. The Morgan fingerprint density at radius 2 is 1.63 bits per heavy atom. The summed E-state index contributed by atoms with van der Waals surface area (Å²) in [6.07, 6.45) is -4.80. The van der Waals surface area contributed by atoms with Crippen molar-refractivity contribution >= 4 is 21.3 Å². The van der Waals surface area contributed by atoms with Gasteiger partial charge in [0.1, 0.15) is 17.9 Å². The van der Waals surface area contributed by atoms with E-state index in [0.717, 1.165) is 30.5 Å². The van der Waals surface area contributed by atoms with E-state index >= 15 is 0 Å². The second kappa shape index (κ2) is 14.5. The minimum absolute atomic E-state index is 0.00623. The van der Waals surface area contributed by atoms with E-state index in [1.54, 1.807) is 6.92 Å². The van der Waals surface area contributed by atoms with Crippen LogP contribution in [-0.2, 0) is 34.1 Å². The van der Waals surface area contributed by atoms with Gasteiger partial charge < -0.3 is 14.7 Å². The number of ether oxygens (including phenoxy) is 1.